The lowest BCUT2D eigenvalue weighted by Gasteiger charge is -2.35. The molecule has 4 rings (SSSR count). The van der Waals surface area contributed by atoms with E-state index in [2.05, 4.69) is 22.0 Å². The van der Waals surface area contributed by atoms with Crippen LogP contribution < -0.4 is 4.90 Å². The van der Waals surface area contributed by atoms with Crippen molar-refractivity contribution in [3.05, 3.63) is 66.0 Å². The van der Waals surface area contributed by atoms with Gasteiger partial charge in [0.05, 0.1) is 17.6 Å². The molecule has 2 aromatic heterocycles. The van der Waals surface area contributed by atoms with Gasteiger partial charge in [-0.15, -0.1) is 0 Å². The quantitative estimate of drug-likeness (QED) is 0.732. The van der Waals surface area contributed by atoms with Crippen molar-refractivity contribution >= 4 is 22.6 Å². The molecule has 26 heavy (non-hydrogen) atoms. The van der Waals surface area contributed by atoms with Crippen LogP contribution in [0.25, 0.3) is 10.9 Å². The topological polar surface area (TPSA) is 49.3 Å². The number of piperazine rings is 1. The van der Waals surface area contributed by atoms with Crippen LogP contribution in [-0.4, -0.2) is 47.0 Å². The van der Waals surface area contributed by atoms with Gasteiger partial charge in [0.2, 0.25) is 5.91 Å². The lowest BCUT2D eigenvalue weighted by Crippen LogP contribution is -2.49. The Kier molecular flexibility index (Phi) is 4.52. The number of benzene rings is 1. The van der Waals surface area contributed by atoms with E-state index in [0.717, 1.165) is 54.2 Å². The number of aryl methyl sites for hydroxylation is 1. The number of anilines is 1. The van der Waals surface area contributed by atoms with Gasteiger partial charge in [-0.3, -0.25) is 9.78 Å². The average Bonchev–Trinajstić information content (AvgIpc) is 2.69. The van der Waals surface area contributed by atoms with Crippen molar-refractivity contribution in [3.63, 3.8) is 0 Å². The van der Waals surface area contributed by atoms with E-state index in [1.165, 1.54) is 0 Å². The summed E-state index contributed by atoms with van der Waals surface area (Å²) in [7, 11) is 0. The van der Waals surface area contributed by atoms with Gasteiger partial charge in [0.25, 0.3) is 0 Å². The van der Waals surface area contributed by atoms with Crippen molar-refractivity contribution in [2.24, 2.45) is 0 Å². The average molecular weight is 346 g/mol. The molecule has 5 heteroatoms. The highest BCUT2D eigenvalue weighted by Crippen LogP contribution is 2.18. The fourth-order valence-electron chi connectivity index (χ4n) is 3.42. The largest absolute Gasteiger partial charge is 0.353 e. The number of hydrogen-bond donors (Lipinski definition) is 0. The first kappa shape index (κ1) is 16.5. The SMILES string of the molecule is Cc1cc2ccccc2nc1CC(=O)N1CCN(c2ccccn2)CC1. The number of fused-ring (bicyclic) bond motifs is 1. The minimum Gasteiger partial charge on any atom is -0.353 e. The van der Waals surface area contributed by atoms with Gasteiger partial charge in [0.15, 0.2) is 0 Å². The van der Waals surface area contributed by atoms with Crippen LogP contribution in [-0.2, 0) is 11.2 Å². The minimum absolute atomic E-state index is 0.150. The molecule has 0 spiro atoms. The molecule has 1 aromatic carbocycles. The number of hydrogen-bond acceptors (Lipinski definition) is 4. The first-order chi connectivity index (χ1) is 12.7. The molecule has 1 aliphatic heterocycles. The normalized spacial score (nSPS) is 14.7. The van der Waals surface area contributed by atoms with E-state index in [9.17, 15) is 4.79 Å². The number of para-hydroxylation sites is 1. The number of amides is 1. The maximum atomic E-state index is 12.8. The molecule has 1 fully saturated rings. The zero-order valence-electron chi connectivity index (χ0n) is 14.9. The highest BCUT2D eigenvalue weighted by atomic mass is 16.2. The summed E-state index contributed by atoms with van der Waals surface area (Å²) in [6.07, 6.45) is 2.17. The zero-order valence-corrected chi connectivity index (χ0v) is 14.9. The Morgan fingerprint density at radius 1 is 1.04 bits per heavy atom. The van der Waals surface area contributed by atoms with Gasteiger partial charge in [0.1, 0.15) is 5.82 Å². The third kappa shape index (κ3) is 3.38. The number of carbonyl (C=O) groups excluding carboxylic acids is 1. The predicted octanol–water partition coefficient (Wildman–Crippen LogP) is 2.83. The number of carbonyl (C=O) groups is 1. The van der Waals surface area contributed by atoms with Crippen molar-refractivity contribution in [2.75, 3.05) is 31.1 Å². The molecule has 3 aromatic rings. The van der Waals surface area contributed by atoms with Gasteiger partial charge in [-0.1, -0.05) is 24.3 Å². The Morgan fingerprint density at radius 3 is 2.58 bits per heavy atom. The predicted molar refractivity (Wildman–Crippen MR) is 103 cm³/mol. The van der Waals surface area contributed by atoms with E-state index in [0.29, 0.717) is 6.42 Å². The fraction of sp³-hybridized carbons (Fsp3) is 0.286. The lowest BCUT2D eigenvalue weighted by atomic mass is 10.1. The fourth-order valence-corrected chi connectivity index (χ4v) is 3.42. The van der Waals surface area contributed by atoms with E-state index in [-0.39, 0.29) is 5.91 Å². The molecule has 0 N–H and O–H groups in total. The molecular formula is C21H22N4O. The monoisotopic (exact) mass is 346 g/mol. The van der Waals surface area contributed by atoms with Crippen molar-refractivity contribution in [1.82, 2.24) is 14.9 Å². The van der Waals surface area contributed by atoms with Crippen LogP contribution in [0.5, 0.6) is 0 Å². The van der Waals surface area contributed by atoms with Crippen LogP contribution in [0.15, 0.2) is 54.7 Å². The van der Waals surface area contributed by atoms with Gasteiger partial charge < -0.3 is 9.80 Å². The summed E-state index contributed by atoms with van der Waals surface area (Å²) in [6, 6.07) is 16.1. The van der Waals surface area contributed by atoms with Crippen LogP contribution >= 0.6 is 0 Å². The van der Waals surface area contributed by atoms with E-state index in [4.69, 9.17) is 4.98 Å². The summed E-state index contributed by atoms with van der Waals surface area (Å²) in [6.45, 7) is 5.10. The van der Waals surface area contributed by atoms with Gasteiger partial charge in [-0.2, -0.15) is 0 Å². The maximum Gasteiger partial charge on any atom is 0.228 e. The molecule has 0 radical (unpaired) electrons. The molecular weight excluding hydrogens is 324 g/mol. The molecule has 5 nitrogen and oxygen atoms in total. The first-order valence-electron chi connectivity index (χ1n) is 9.00. The summed E-state index contributed by atoms with van der Waals surface area (Å²) in [4.78, 5) is 26.0. The van der Waals surface area contributed by atoms with E-state index in [1.54, 1.807) is 6.20 Å². The van der Waals surface area contributed by atoms with Crippen LogP contribution in [0, 0.1) is 6.92 Å². The molecule has 1 amide bonds. The summed E-state index contributed by atoms with van der Waals surface area (Å²) < 4.78 is 0. The summed E-state index contributed by atoms with van der Waals surface area (Å²) in [5.41, 5.74) is 2.89. The highest BCUT2D eigenvalue weighted by Gasteiger charge is 2.22. The van der Waals surface area contributed by atoms with Crippen LogP contribution in [0.1, 0.15) is 11.3 Å². The van der Waals surface area contributed by atoms with Gasteiger partial charge in [0, 0.05) is 37.8 Å². The first-order valence-corrected chi connectivity index (χ1v) is 9.00. The van der Waals surface area contributed by atoms with Crippen molar-refractivity contribution < 1.29 is 4.79 Å². The van der Waals surface area contributed by atoms with Gasteiger partial charge in [-0.05, 0) is 36.8 Å². The number of nitrogens with zero attached hydrogens (tertiary/aromatic N) is 4. The highest BCUT2D eigenvalue weighted by molar-refractivity contribution is 5.82. The van der Waals surface area contributed by atoms with Crippen LogP contribution in [0.2, 0.25) is 0 Å². The van der Waals surface area contributed by atoms with Crippen molar-refractivity contribution in [2.45, 2.75) is 13.3 Å². The third-order valence-electron chi connectivity index (χ3n) is 4.94. The Bertz CT molecular complexity index is 918. The molecule has 0 unspecified atom stereocenters. The maximum absolute atomic E-state index is 12.8. The van der Waals surface area contributed by atoms with Gasteiger partial charge in [-0.25, -0.2) is 4.98 Å². The van der Waals surface area contributed by atoms with E-state index < -0.39 is 0 Å². The molecule has 1 aliphatic rings. The van der Waals surface area contributed by atoms with E-state index >= 15 is 0 Å². The second-order valence-electron chi connectivity index (χ2n) is 6.68. The molecule has 0 saturated carbocycles. The van der Waals surface area contributed by atoms with Crippen molar-refractivity contribution in [3.8, 4) is 0 Å². The molecule has 132 valence electrons. The standard InChI is InChI=1S/C21H22N4O/c1-16-14-17-6-2-3-7-18(17)23-19(16)15-21(26)25-12-10-24(11-13-25)20-8-4-5-9-22-20/h2-9,14H,10-13,15H2,1H3. The summed E-state index contributed by atoms with van der Waals surface area (Å²) in [5.74, 6) is 1.13. The smallest absolute Gasteiger partial charge is 0.228 e. The Morgan fingerprint density at radius 2 is 1.81 bits per heavy atom. The third-order valence-corrected chi connectivity index (χ3v) is 4.94. The number of pyridine rings is 2. The Hall–Kier alpha value is -2.95. The number of rotatable bonds is 3. The second kappa shape index (κ2) is 7.12. The Balaban J connectivity index is 1.42. The molecule has 3 heterocycles. The van der Waals surface area contributed by atoms with Crippen LogP contribution in [0.3, 0.4) is 0 Å². The molecule has 0 atom stereocenters. The Labute approximate surface area is 153 Å². The summed E-state index contributed by atoms with van der Waals surface area (Å²) in [5, 5.41) is 1.12. The van der Waals surface area contributed by atoms with Crippen LogP contribution in [0.4, 0.5) is 5.82 Å². The lowest BCUT2D eigenvalue weighted by molar-refractivity contribution is -0.130. The molecule has 0 bridgehead atoms. The van der Waals surface area contributed by atoms with E-state index in [1.807, 2.05) is 48.2 Å². The van der Waals surface area contributed by atoms with Crippen molar-refractivity contribution in [1.29, 1.82) is 0 Å². The molecule has 1 saturated heterocycles. The number of aromatic nitrogens is 2. The zero-order chi connectivity index (χ0) is 17.9. The summed E-state index contributed by atoms with van der Waals surface area (Å²) >= 11 is 0. The van der Waals surface area contributed by atoms with Gasteiger partial charge >= 0.3 is 0 Å². The minimum atomic E-state index is 0.150. The molecule has 0 aliphatic carbocycles. The second-order valence-corrected chi connectivity index (χ2v) is 6.68.